The van der Waals surface area contributed by atoms with Crippen LogP contribution >= 0.6 is 11.6 Å². The Balaban J connectivity index is 3.25. The van der Waals surface area contributed by atoms with Crippen molar-refractivity contribution in [2.24, 2.45) is 5.92 Å². The second kappa shape index (κ2) is 4.58. The molecule has 1 rings (SSSR count). The van der Waals surface area contributed by atoms with Crippen molar-refractivity contribution < 1.29 is 4.79 Å². The number of carbonyl (C=O) groups excluding carboxylic acids is 1. The van der Waals surface area contributed by atoms with Gasteiger partial charge in [0, 0.05) is 12.0 Å². The van der Waals surface area contributed by atoms with Crippen molar-refractivity contribution in [2.75, 3.05) is 0 Å². The maximum Gasteiger partial charge on any atom is 0.155 e. The van der Waals surface area contributed by atoms with Gasteiger partial charge in [-0.05, 0) is 5.92 Å². The third-order valence-corrected chi connectivity index (χ3v) is 2.69. The summed E-state index contributed by atoms with van der Waals surface area (Å²) in [6, 6.07) is 0. The minimum atomic E-state index is -0.165. The maximum atomic E-state index is 11.1. The minimum Gasteiger partial charge on any atom is -0.298 e. The number of halogens is 1. The molecule has 0 aliphatic heterocycles. The molecule has 0 amide bonds. The summed E-state index contributed by atoms with van der Waals surface area (Å²) in [5.41, 5.74) is 1.13. The van der Waals surface area contributed by atoms with Gasteiger partial charge in [0.2, 0.25) is 0 Å². The zero-order valence-corrected chi connectivity index (χ0v) is 11.3. The second-order valence-electron chi connectivity index (χ2n) is 5.50. The first-order valence-corrected chi connectivity index (χ1v) is 5.87. The maximum absolute atomic E-state index is 11.1. The van der Waals surface area contributed by atoms with E-state index in [4.69, 9.17) is 11.6 Å². The van der Waals surface area contributed by atoms with E-state index in [2.05, 4.69) is 18.9 Å². The van der Waals surface area contributed by atoms with E-state index in [9.17, 15) is 4.79 Å². The van der Waals surface area contributed by atoms with Crippen LogP contribution in [0.2, 0.25) is 5.15 Å². The molecule has 0 aromatic carbocycles. The molecule has 1 aromatic heterocycles. The molecule has 0 atom stereocenters. The number of aldehydes is 1. The fraction of sp³-hybridized carbons (Fsp3) is 0.667. The monoisotopic (exact) mass is 242 g/mol. The van der Waals surface area contributed by atoms with Crippen LogP contribution in [0.25, 0.3) is 0 Å². The molecule has 0 radical (unpaired) electrons. The van der Waals surface area contributed by atoms with Gasteiger partial charge in [-0.2, -0.15) is 5.10 Å². The van der Waals surface area contributed by atoms with Crippen LogP contribution in [0.15, 0.2) is 0 Å². The van der Waals surface area contributed by atoms with E-state index in [0.717, 1.165) is 18.5 Å². The first kappa shape index (κ1) is 13.2. The Bertz CT molecular complexity index is 388. The Morgan fingerprint density at radius 1 is 1.44 bits per heavy atom. The summed E-state index contributed by atoms with van der Waals surface area (Å²) >= 11 is 6.15. The van der Waals surface area contributed by atoms with Crippen LogP contribution in [0.1, 0.15) is 50.7 Å². The van der Waals surface area contributed by atoms with Crippen LogP contribution < -0.4 is 0 Å². The molecule has 4 heteroatoms. The smallest absolute Gasteiger partial charge is 0.155 e. The Labute approximate surface area is 102 Å². The number of carbonyl (C=O) groups is 1. The van der Waals surface area contributed by atoms with Gasteiger partial charge < -0.3 is 0 Å². The quantitative estimate of drug-likeness (QED) is 0.763. The van der Waals surface area contributed by atoms with E-state index >= 15 is 0 Å². The first-order chi connectivity index (χ1) is 7.27. The van der Waals surface area contributed by atoms with E-state index in [0.29, 0.717) is 16.6 Å². The number of hydrogen-bond donors (Lipinski definition) is 0. The van der Waals surface area contributed by atoms with Gasteiger partial charge in [-0.1, -0.05) is 46.2 Å². The van der Waals surface area contributed by atoms with Crippen molar-refractivity contribution in [3.8, 4) is 0 Å². The van der Waals surface area contributed by atoms with E-state index in [1.54, 1.807) is 4.68 Å². The summed E-state index contributed by atoms with van der Waals surface area (Å²) in [7, 11) is 0. The number of nitrogens with zero attached hydrogens (tertiary/aromatic N) is 2. The van der Waals surface area contributed by atoms with Crippen molar-refractivity contribution in [1.82, 2.24) is 9.78 Å². The number of rotatable bonds is 3. The van der Waals surface area contributed by atoms with Gasteiger partial charge in [-0.3, -0.25) is 9.48 Å². The fourth-order valence-corrected chi connectivity index (χ4v) is 1.82. The first-order valence-electron chi connectivity index (χ1n) is 5.49. The summed E-state index contributed by atoms with van der Waals surface area (Å²) in [6.45, 7) is 11.0. The van der Waals surface area contributed by atoms with Crippen molar-refractivity contribution in [3.63, 3.8) is 0 Å². The van der Waals surface area contributed by atoms with Gasteiger partial charge in [0.05, 0.1) is 11.3 Å². The predicted molar refractivity (Wildman–Crippen MR) is 66.2 cm³/mol. The van der Waals surface area contributed by atoms with Crippen molar-refractivity contribution in [1.29, 1.82) is 0 Å². The lowest BCUT2D eigenvalue weighted by Gasteiger charge is -2.15. The molecule has 0 fully saturated rings. The molecule has 0 saturated heterocycles. The normalized spacial score (nSPS) is 12.2. The molecule has 16 heavy (non-hydrogen) atoms. The molecule has 0 N–H and O–H groups in total. The van der Waals surface area contributed by atoms with Crippen LogP contribution in [0, 0.1) is 5.92 Å². The third kappa shape index (κ3) is 2.64. The van der Waals surface area contributed by atoms with Crippen LogP contribution in [0.4, 0.5) is 0 Å². The lowest BCUT2D eigenvalue weighted by Crippen LogP contribution is -2.15. The van der Waals surface area contributed by atoms with Gasteiger partial charge >= 0.3 is 0 Å². The average Bonchev–Trinajstić information content (AvgIpc) is 2.42. The molecule has 0 unspecified atom stereocenters. The second-order valence-corrected chi connectivity index (χ2v) is 5.85. The van der Waals surface area contributed by atoms with Gasteiger partial charge in [-0.25, -0.2) is 0 Å². The topological polar surface area (TPSA) is 34.9 Å². The van der Waals surface area contributed by atoms with E-state index in [1.807, 2.05) is 20.8 Å². The molecule has 3 nitrogen and oxygen atoms in total. The van der Waals surface area contributed by atoms with Crippen molar-refractivity contribution >= 4 is 17.9 Å². The van der Waals surface area contributed by atoms with Crippen LogP contribution in [0.3, 0.4) is 0 Å². The largest absolute Gasteiger partial charge is 0.298 e. The summed E-state index contributed by atoms with van der Waals surface area (Å²) in [5.74, 6) is 0.449. The molecular formula is C12H19ClN2O. The highest BCUT2D eigenvalue weighted by Crippen LogP contribution is 2.29. The highest BCUT2D eigenvalue weighted by atomic mass is 35.5. The summed E-state index contributed by atoms with van der Waals surface area (Å²) in [6.07, 6.45) is 0.798. The third-order valence-electron chi connectivity index (χ3n) is 2.29. The Morgan fingerprint density at radius 2 is 2.00 bits per heavy atom. The molecule has 1 heterocycles. The molecular weight excluding hydrogens is 224 g/mol. The lowest BCUT2D eigenvalue weighted by atomic mass is 9.90. The summed E-state index contributed by atoms with van der Waals surface area (Å²) in [5, 5.41) is 4.90. The van der Waals surface area contributed by atoms with Gasteiger partial charge in [0.25, 0.3) is 0 Å². The SMILES string of the molecule is CC(C)Cn1nc(C(C)(C)C)c(C=O)c1Cl. The number of hydrogen-bond acceptors (Lipinski definition) is 2. The Kier molecular flexibility index (Phi) is 3.79. The summed E-state index contributed by atoms with van der Waals surface area (Å²) in [4.78, 5) is 11.1. The predicted octanol–water partition coefficient (Wildman–Crippen LogP) is 3.30. The van der Waals surface area contributed by atoms with Crippen LogP contribution in [0.5, 0.6) is 0 Å². The van der Waals surface area contributed by atoms with E-state index in [1.165, 1.54) is 0 Å². The van der Waals surface area contributed by atoms with Crippen LogP contribution in [-0.2, 0) is 12.0 Å². The summed E-state index contributed by atoms with van der Waals surface area (Å²) < 4.78 is 1.72. The van der Waals surface area contributed by atoms with Gasteiger partial charge in [0.15, 0.2) is 6.29 Å². The minimum absolute atomic E-state index is 0.165. The zero-order chi connectivity index (χ0) is 12.5. The van der Waals surface area contributed by atoms with Crippen molar-refractivity contribution in [3.05, 3.63) is 16.4 Å². The molecule has 0 saturated carbocycles. The molecule has 0 aliphatic carbocycles. The standard InChI is InChI=1S/C12H19ClN2O/c1-8(2)6-15-11(13)9(7-16)10(14-15)12(3,4)5/h7-8H,6H2,1-5H3. The Morgan fingerprint density at radius 3 is 2.31 bits per heavy atom. The molecule has 0 spiro atoms. The zero-order valence-electron chi connectivity index (χ0n) is 10.5. The number of aromatic nitrogens is 2. The highest BCUT2D eigenvalue weighted by Gasteiger charge is 2.25. The van der Waals surface area contributed by atoms with E-state index in [-0.39, 0.29) is 5.41 Å². The molecule has 90 valence electrons. The molecule has 0 bridgehead atoms. The molecule has 0 aliphatic rings. The van der Waals surface area contributed by atoms with Gasteiger partial charge in [0.1, 0.15) is 5.15 Å². The van der Waals surface area contributed by atoms with Gasteiger partial charge in [-0.15, -0.1) is 0 Å². The fourth-order valence-electron chi connectivity index (χ4n) is 1.58. The lowest BCUT2D eigenvalue weighted by molar-refractivity contribution is 0.112. The van der Waals surface area contributed by atoms with E-state index < -0.39 is 0 Å². The van der Waals surface area contributed by atoms with Crippen molar-refractivity contribution in [2.45, 2.75) is 46.6 Å². The average molecular weight is 243 g/mol. The highest BCUT2D eigenvalue weighted by molar-refractivity contribution is 6.32. The van der Waals surface area contributed by atoms with Crippen LogP contribution in [-0.4, -0.2) is 16.1 Å². The molecule has 1 aromatic rings. The Hall–Kier alpha value is -0.830.